The summed E-state index contributed by atoms with van der Waals surface area (Å²) in [5, 5.41) is 8.48. The van der Waals surface area contributed by atoms with E-state index in [4.69, 9.17) is 10.00 Å². The quantitative estimate of drug-likeness (QED) is 0.645. The molecule has 3 nitrogen and oxygen atoms in total. The second kappa shape index (κ2) is 5.95. The van der Waals surface area contributed by atoms with Gasteiger partial charge in [0.2, 0.25) is 0 Å². The van der Waals surface area contributed by atoms with Gasteiger partial charge < -0.3 is 4.74 Å². The SMILES string of the molecule is CCOCC1CCCN1CCC#N. The lowest BCUT2D eigenvalue weighted by Gasteiger charge is -2.22. The summed E-state index contributed by atoms with van der Waals surface area (Å²) in [5.74, 6) is 0. The van der Waals surface area contributed by atoms with E-state index in [9.17, 15) is 0 Å². The van der Waals surface area contributed by atoms with Crippen LogP contribution in [0.2, 0.25) is 0 Å². The zero-order valence-corrected chi connectivity index (χ0v) is 8.33. The van der Waals surface area contributed by atoms with Crippen molar-refractivity contribution in [2.75, 3.05) is 26.3 Å². The van der Waals surface area contributed by atoms with E-state index in [1.165, 1.54) is 12.8 Å². The first-order chi connectivity index (χ1) is 6.38. The minimum Gasteiger partial charge on any atom is -0.380 e. The van der Waals surface area contributed by atoms with Crippen LogP contribution in [-0.2, 0) is 4.74 Å². The molecular formula is C10H18N2O. The van der Waals surface area contributed by atoms with Crippen LogP contribution in [0, 0.1) is 11.3 Å². The second-order valence-corrected chi connectivity index (χ2v) is 3.40. The molecule has 0 radical (unpaired) electrons. The van der Waals surface area contributed by atoms with Crippen LogP contribution in [0.3, 0.4) is 0 Å². The van der Waals surface area contributed by atoms with Gasteiger partial charge in [-0.3, -0.25) is 4.90 Å². The molecule has 3 heteroatoms. The number of hydrogen-bond acceptors (Lipinski definition) is 3. The molecule has 0 amide bonds. The maximum Gasteiger partial charge on any atom is 0.0635 e. The van der Waals surface area contributed by atoms with Crippen molar-refractivity contribution in [3.8, 4) is 6.07 Å². The summed E-state index contributed by atoms with van der Waals surface area (Å²) in [4.78, 5) is 2.37. The Bertz CT molecular complexity index is 176. The number of nitriles is 1. The fourth-order valence-electron chi connectivity index (χ4n) is 1.83. The molecule has 0 bridgehead atoms. The average molecular weight is 182 g/mol. The lowest BCUT2D eigenvalue weighted by atomic mass is 10.2. The Balaban J connectivity index is 2.23. The smallest absolute Gasteiger partial charge is 0.0635 e. The van der Waals surface area contributed by atoms with Crippen molar-refractivity contribution in [1.29, 1.82) is 5.26 Å². The van der Waals surface area contributed by atoms with Crippen LogP contribution in [0.25, 0.3) is 0 Å². The maximum atomic E-state index is 8.48. The largest absolute Gasteiger partial charge is 0.380 e. The summed E-state index contributed by atoms with van der Waals surface area (Å²) in [6, 6.07) is 2.75. The molecule has 0 aromatic rings. The van der Waals surface area contributed by atoms with Gasteiger partial charge in [0, 0.05) is 25.6 Å². The van der Waals surface area contributed by atoms with E-state index in [1.54, 1.807) is 0 Å². The molecule has 1 unspecified atom stereocenters. The molecule has 0 spiro atoms. The topological polar surface area (TPSA) is 36.3 Å². The van der Waals surface area contributed by atoms with Crippen LogP contribution >= 0.6 is 0 Å². The van der Waals surface area contributed by atoms with Crippen LogP contribution < -0.4 is 0 Å². The molecular weight excluding hydrogens is 164 g/mol. The van der Waals surface area contributed by atoms with Crippen LogP contribution in [0.1, 0.15) is 26.2 Å². The first-order valence-corrected chi connectivity index (χ1v) is 5.07. The lowest BCUT2D eigenvalue weighted by Crippen LogP contribution is -2.33. The van der Waals surface area contributed by atoms with Crippen molar-refractivity contribution in [2.24, 2.45) is 0 Å². The van der Waals surface area contributed by atoms with Gasteiger partial charge in [-0.2, -0.15) is 5.26 Å². The third-order valence-electron chi connectivity index (χ3n) is 2.52. The van der Waals surface area contributed by atoms with E-state index in [-0.39, 0.29) is 0 Å². The van der Waals surface area contributed by atoms with Crippen LogP contribution in [0.4, 0.5) is 0 Å². The minimum atomic E-state index is 0.563. The van der Waals surface area contributed by atoms with Gasteiger partial charge in [0.25, 0.3) is 0 Å². The number of ether oxygens (including phenoxy) is 1. The molecule has 0 aromatic carbocycles. The number of rotatable bonds is 5. The van der Waals surface area contributed by atoms with E-state index >= 15 is 0 Å². The Labute approximate surface area is 80.3 Å². The Hall–Kier alpha value is -0.590. The molecule has 0 aliphatic carbocycles. The van der Waals surface area contributed by atoms with Crippen LogP contribution in [0.5, 0.6) is 0 Å². The molecule has 1 aliphatic rings. The first kappa shape index (κ1) is 10.5. The molecule has 1 heterocycles. The molecule has 0 saturated carbocycles. The lowest BCUT2D eigenvalue weighted by molar-refractivity contribution is 0.0861. The zero-order chi connectivity index (χ0) is 9.52. The number of nitrogens with zero attached hydrogens (tertiary/aromatic N) is 2. The third kappa shape index (κ3) is 3.33. The highest BCUT2D eigenvalue weighted by Crippen LogP contribution is 2.17. The van der Waals surface area contributed by atoms with Crippen molar-refractivity contribution >= 4 is 0 Å². The normalized spacial score (nSPS) is 23.2. The van der Waals surface area contributed by atoms with Gasteiger partial charge in [0.05, 0.1) is 12.7 Å². The van der Waals surface area contributed by atoms with E-state index in [2.05, 4.69) is 11.0 Å². The monoisotopic (exact) mass is 182 g/mol. The van der Waals surface area contributed by atoms with Crippen molar-refractivity contribution in [3.05, 3.63) is 0 Å². The van der Waals surface area contributed by atoms with Crippen molar-refractivity contribution < 1.29 is 4.74 Å². The Morgan fingerprint density at radius 1 is 1.62 bits per heavy atom. The molecule has 13 heavy (non-hydrogen) atoms. The summed E-state index contributed by atoms with van der Waals surface area (Å²) in [6.07, 6.45) is 3.12. The predicted octanol–water partition coefficient (Wildman–Crippen LogP) is 1.40. The molecule has 1 fully saturated rings. The fraction of sp³-hybridized carbons (Fsp3) is 0.900. The van der Waals surface area contributed by atoms with Crippen molar-refractivity contribution in [3.63, 3.8) is 0 Å². The highest BCUT2D eigenvalue weighted by molar-refractivity contribution is 4.82. The molecule has 0 aromatic heterocycles. The van der Waals surface area contributed by atoms with Gasteiger partial charge in [-0.15, -0.1) is 0 Å². The summed E-state index contributed by atoms with van der Waals surface area (Å²) in [6.45, 7) is 5.70. The van der Waals surface area contributed by atoms with Crippen LogP contribution in [-0.4, -0.2) is 37.2 Å². The first-order valence-electron chi connectivity index (χ1n) is 5.07. The Morgan fingerprint density at radius 2 is 2.46 bits per heavy atom. The Kier molecular flexibility index (Phi) is 4.81. The highest BCUT2D eigenvalue weighted by Gasteiger charge is 2.23. The van der Waals surface area contributed by atoms with Crippen molar-refractivity contribution in [1.82, 2.24) is 4.90 Å². The molecule has 1 atom stereocenters. The van der Waals surface area contributed by atoms with Gasteiger partial charge in [0.1, 0.15) is 0 Å². The standard InChI is InChI=1S/C10H18N2O/c1-2-13-9-10-5-3-7-12(10)8-4-6-11/h10H,2-5,7-9H2,1H3. The van der Waals surface area contributed by atoms with Gasteiger partial charge in [-0.05, 0) is 26.3 Å². The summed E-state index contributed by atoms with van der Waals surface area (Å²) in [7, 11) is 0. The average Bonchev–Trinajstić information content (AvgIpc) is 2.59. The molecule has 0 N–H and O–H groups in total. The molecule has 1 rings (SSSR count). The van der Waals surface area contributed by atoms with E-state index in [0.29, 0.717) is 12.5 Å². The van der Waals surface area contributed by atoms with Crippen molar-refractivity contribution in [2.45, 2.75) is 32.2 Å². The predicted molar refractivity (Wildman–Crippen MR) is 51.3 cm³/mol. The number of likely N-dealkylation sites (tertiary alicyclic amines) is 1. The van der Waals surface area contributed by atoms with Gasteiger partial charge >= 0.3 is 0 Å². The number of hydrogen-bond donors (Lipinski definition) is 0. The van der Waals surface area contributed by atoms with E-state index in [0.717, 1.165) is 26.3 Å². The highest BCUT2D eigenvalue weighted by atomic mass is 16.5. The molecule has 1 saturated heterocycles. The van der Waals surface area contributed by atoms with Gasteiger partial charge in [-0.25, -0.2) is 0 Å². The van der Waals surface area contributed by atoms with Crippen LogP contribution in [0.15, 0.2) is 0 Å². The van der Waals surface area contributed by atoms with E-state index < -0.39 is 0 Å². The zero-order valence-electron chi connectivity index (χ0n) is 8.33. The fourth-order valence-corrected chi connectivity index (χ4v) is 1.83. The van der Waals surface area contributed by atoms with E-state index in [1.807, 2.05) is 6.92 Å². The Morgan fingerprint density at radius 3 is 3.15 bits per heavy atom. The minimum absolute atomic E-state index is 0.563. The van der Waals surface area contributed by atoms with Gasteiger partial charge in [-0.1, -0.05) is 0 Å². The molecule has 1 aliphatic heterocycles. The second-order valence-electron chi connectivity index (χ2n) is 3.40. The summed E-state index contributed by atoms with van der Waals surface area (Å²) in [5.41, 5.74) is 0. The summed E-state index contributed by atoms with van der Waals surface area (Å²) < 4.78 is 5.40. The van der Waals surface area contributed by atoms with Gasteiger partial charge in [0.15, 0.2) is 0 Å². The third-order valence-corrected chi connectivity index (χ3v) is 2.52. The molecule has 74 valence electrons. The maximum absolute atomic E-state index is 8.48. The summed E-state index contributed by atoms with van der Waals surface area (Å²) >= 11 is 0.